The van der Waals surface area contributed by atoms with Crippen molar-refractivity contribution in [3.63, 3.8) is 0 Å². The summed E-state index contributed by atoms with van der Waals surface area (Å²) < 4.78 is 5.03. The number of hydrogen-bond donors (Lipinski definition) is 0. The lowest BCUT2D eigenvalue weighted by Gasteiger charge is -2.07. The van der Waals surface area contributed by atoms with E-state index in [4.69, 9.17) is 10.00 Å². The van der Waals surface area contributed by atoms with Gasteiger partial charge in [0.2, 0.25) is 0 Å². The maximum atomic E-state index is 11.4. The fourth-order valence-electron chi connectivity index (χ4n) is 1.13. The molecule has 0 amide bonds. The lowest BCUT2D eigenvalue weighted by Crippen LogP contribution is -2.11. The van der Waals surface area contributed by atoms with Gasteiger partial charge in [0, 0.05) is 0 Å². The van der Waals surface area contributed by atoms with Crippen LogP contribution >= 0.6 is 0 Å². The van der Waals surface area contributed by atoms with Crippen molar-refractivity contribution in [1.82, 2.24) is 0 Å². The molecular formula is C12H13NO2. The molecule has 0 aromatic heterocycles. The number of carbonyl (C=O) groups is 1. The Bertz CT molecular complexity index is 374. The molecule has 0 fully saturated rings. The summed E-state index contributed by atoms with van der Waals surface area (Å²) in [6, 6.07) is 8.93. The van der Waals surface area contributed by atoms with Gasteiger partial charge in [0.1, 0.15) is 0 Å². The number of rotatable bonds is 3. The molecule has 0 saturated carbocycles. The molecule has 0 unspecified atom stereocenters. The molecule has 0 bridgehead atoms. The third-order valence-electron chi connectivity index (χ3n) is 1.82. The fourth-order valence-corrected chi connectivity index (χ4v) is 1.13. The molecule has 0 N–H and O–H groups in total. The van der Waals surface area contributed by atoms with Gasteiger partial charge in [0.05, 0.1) is 24.2 Å². The van der Waals surface area contributed by atoms with Crippen LogP contribution in [0.25, 0.3) is 0 Å². The summed E-state index contributed by atoms with van der Waals surface area (Å²) >= 11 is 0. The second kappa shape index (κ2) is 5.16. The molecule has 1 aromatic rings. The molecule has 0 aliphatic carbocycles. The topological polar surface area (TPSA) is 50.1 Å². The number of ether oxygens (including phenoxy) is 1. The lowest BCUT2D eigenvalue weighted by molar-refractivity contribution is 0.0378. The Hall–Kier alpha value is -1.82. The zero-order valence-corrected chi connectivity index (χ0v) is 8.86. The monoisotopic (exact) mass is 203 g/mol. The lowest BCUT2D eigenvalue weighted by atomic mass is 10.1. The first-order chi connectivity index (χ1) is 7.13. The molecule has 15 heavy (non-hydrogen) atoms. The summed E-state index contributed by atoms with van der Waals surface area (Å²) in [6.07, 6.45) is 0.246. The van der Waals surface area contributed by atoms with Gasteiger partial charge in [-0.15, -0.1) is 0 Å². The first-order valence-corrected chi connectivity index (χ1v) is 4.80. The summed E-state index contributed by atoms with van der Waals surface area (Å²) in [6.45, 7) is 3.61. The second-order valence-electron chi connectivity index (χ2n) is 3.49. The van der Waals surface area contributed by atoms with Gasteiger partial charge in [0.25, 0.3) is 0 Å². The molecule has 0 spiro atoms. The highest BCUT2D eigenvalue weighted by atomic mass is 16.5. The van der Waals surface area contributed by atoms with Crippen LogP contribution in [0.1, 0.15) is 29.8 Å². The van der Waals surface area contributed by atoms with E-state index in [9.17, 15) is 4.79 Å². The number of hydrogen-bond acceptors (Lipinski definition) is 3. The predicted molar refractivity (Wildman–Crippen MR) is 56.3 cm³/mol. The van der Waals surface area contributed by atoms with Crippen molar-refractivity contribution < 1.29 is 9.53 Å². The maximum absolute atomic E-state index is 11.4. The normalized spacial score (nSPS) is 9.73. The summed E-state index contributed by atoms with van der Waals surface area (Å²) in [4.78, 5) is 11.4. The van der Waals surface area contributed by atoms with Gasteiger partial charge in [-0.1, -0.05) is 12.1 Å². The molecule has 0 aliphatic heterocycles. The third kappa shape index (κ3) is 3.43. The van der Waals surface area contributed by atoms with Crippen LogP contribution in [0.5, 0.6) is 0 Å². The van der Waals surface area contributed by atoms with Gasteiger partial charge in [-0.05, 0) is 31.5 Å². The minimum atomic E-state index is -0.325. The van der Waals surface area contributed by atoms with Gasteiger partial charge in [0.15, 0.2) is 0 Å². The van der Waals surface area contributed by atoms with Crippen molar-refractivity contribution in [2.24, 2.45) is 0 Å². The Kier molecular flexibility index (Phi) is 3.87. The number of carbonyl (C=O) groups excluding carboxylic acids is 1. The van der Waals surface area contributed by atoms with Crippen LogP contribution in [0.3, 0.4) is 0 Å². The van der Waals surface area contributed by atoms with E-state index in [0.717, 1.165) is 5.56 Å². The molecule has 0 heterocycles. The standard InChI is InChI=1S/C12H13NO2/c1-9(2)15-12(14)11-5-3-10(4-6-11)7-8-13/h3-6,9H,7H2,1-2H3. The number of nitriles is 1. The largest absolute Gasteiger partial charge is 0.459 e. The molecule has 3 nitrogen and oxygen atoms in total. The quantitative estimate of drug-likeness (QED) is 0.708. The van der Waals surface area contributed by atoms with Crippen molar-refractivity contribution in [3.8, 4) is 6.07 Å². The van der Waals surface area contributed by atoms with Gasteiger partial charge in [-0.2, -0.15) is 5.26 Å². The van der Waals surface area contributed by atoms with Crippen molar-refractivity contribution >= 4 is 5.97 Å². The first kappa shape index (κ1) is 11.3. The smallest absolute Gasteiger partial charge is 0.338 e. The molecule has 0 radical (unpaired) electrons. The van der Waals surface area contributed by atoms with Gasteiger partial charge < -0.3 is 4.74 Å². The Morgan fingerprint density at radius 1 is 1.40 bits per heavy atom. The van der Waals surface area contributed by atoms with E-state index in [1.807, 2.05) is 19.9 Å². The van der Waals surface area contributed by atoms with E-state index in [1.54, 1.807) is 24.3 Å². The molecule has 0 atom stereocenters. The van der Waals surface area contributed by atoms with Crippen molar-refractivity contribution in [1.29, 1.82) is 5.26 Å². The molecule has 78 valence electrons. The van der Waals surface area contributed by atoms with Gasteiger partial charge in [-0.3, -0.25) is 0 Å². The highest BCUT2D eigenvalue weighted by Gasteiger charge is 2.08. The number of nitrogens with zero attached hydrogens (tertiary/aromatic N) is 1. The highest BCUT2D eigenvalue weighted by Crippen LogP contribution is 2.07. The summed E-state index contributed by atoms with van der Waals surface area (Å²) in [5.74, 6) is -0.325. The van der Waals surface area contributed by atoms with Crippen LogP contribution in [-0.2, 0) is 11.2 Å². The van der Waals surface area contributed by atoms with E-state index in [-0.39, 0.29) is 12.1 Å². The van der Waals surface area contributed by atoms with Crippen LogP contribution in [0.4, 0.5) is 0 Å². The molecule has 0 aliphatic rings. The average Bonchev–Trinajstić information content (AvgIpc) is 2.18. The van der Waals surface area contributed by atoms with Crippen molar-refractivity contribution in [2.75, 3.05) is 0 Å². The van der Waals surface area contributed by atoms with Crippen molar-refractivity contribution in [2.45, 2.75) is 26.4 Å². The van der Waals surface area contributed by atoms with Crippen LogP contribution in [0.2, 0.25) is 0 Å². The van der Waals surface area contributed by atoms with Gasteiger partial charge >= 0.3 is 5.97 Å². The molecule has 3 heteroatoms. The fraction of sp³-hybridized carbons (Fsp3) is 0.333. The highest BCUT2D eigenvalue weighted by molar-refractivity contribution is 5.89. The SMILES string of the molecule is CC(C)OC(=O)c1ccc(CC#N)cc1. The molecule has 1 aromatic carbocycles. The van der Waals surface area contributed by atoms with E-state index in [1.165, 1.54) is 0 Å². The Morgan fingerprint density at radius 3 is 2.47 bits per heavy atom. The molecule has 0 saturated heterocycles. The summed E-state index contributed by atoms with van der Waals surface area (Å²) in [7, 11) is 0. The van der Waals surface area contributed by atoms with Gasteiger partial charge in [-0.25, -0.2) is 4.79 Å². The Balaban J connectivity index is 2.72. The average molecular weight is 203 g/mol. The van der Waals surface area contributed by atoms with Crippen LogP contribution in [0, 0.1) is 11.3 Å². The summed E-state index contributed by atoms with van der Waals surface area (Å²) in [5, 5.41) is 8.48. The van der Waals surface area contributed by atoms with E-state index >= 15 is 0 Å². The Morgan fingerprint density at radius 2 is 2.00 bits per heavy atom. The van der Waals surface area contributed by atoms with E-state index in [0.29, 0.717) is 12.0 Å². The minimum Gasteiger partial charge on any atom is -0.459 e. The number of esters is 1. The van der Waals surface area contributed by atoms with Crippen LogP contribution in [-0.4, -0.2) is 12.1 Å². The Labute approximate surface area is 89.3 Å². The van der Waals surface area contributed by atoms with Crippen LogP contribution in [0.15, 0.2) is 24.3 Å². The maximum Gasteiger partial charge on any atom is 0.338 e. The first-order valence-electron chi connectivity index (χ1n) is 4.80. The van der Waals surface area contributed by atoms with Crippen molar-refractivity contribution in [3.05, 3.63) is 35.4 Å². The zero-order valence-electron chi connectivity index (χ0n) is 8.86. The minimum absolute atomic E-state index is 0.115. The molecule has 1 rings (SSSR count). The zero-order chi connectivity index (χ0) is 11.3. The molecular weight excluding hydrogens is 190 g/mol. The van der Waals surface area contributed by atoms with Crippen LogP contribution < -0.4 is 0 Å². The predicted octanol–water partition coefficient (Wildman–Crippen LogP) is 2.32. The van der Waals surface area contributed by atoms with E-state index < -0.39 is 0 Å². The van der Waals surface area contributed by atoms with E-state index in [2.05, 4.69) is 0 Å². The number of benzene rings is 1. The second-order valence-corrected chi connectivity index (χ2v) is 3.49. The summed E-state index contributed by atoms with van der Waals surface area (Å²) in [5.41, 5.74) is 1.42. The third-order valence-corrected chi connectivity index (χ3v) is 1.82.